The van der Waals surface area contributed by atoms with Gasteiger partial charge in [-0.3, -0.25) is 4.79 Å². The zero-order valence-electron chi connectivity index (χ0n) is 13.7. The monoisotopic (exact) mass is 347 g/mol. The molecular weight excluding hydrogens is 321 g/mol. The maximum atomic E-state index is 12.6. The minimum Gasteiger partial charge on any atom is -0.373 e. The molecule has 126 valence electrons. The van der Waals surface area contributed by atoms with E-state index in [1.54, 1.807) is 0 Å². The molecular formula is C16H27Cl2N3O. The molecule has 0 radical (unpaired) electrons. The van der Waals surface area contributed by atoms with E-state index in [2.05, 4.69) is 24.1 Å². The summed E-state index contributed by atoms with van der Waals surface area (Å²) in [6.07, 6.45) is 0. The minimum absolute atomic E-state index is 0. The lowest BCUT2D eigenvalue weighted by Gasteiger charge is -2.31. The first-order valence-corrected chi connectivity index (χ1v) is 7.14. The summed E-state index contributed by atoms with van der Waals surface area (Å²) in [7, 11) is 2.07. The predicted molar refractivity (Wildman–Crippen MR) is 97.1 cm³/mol. The Kier molecular flexibility index (Phi) is 7.69. The summed E-state index contributed by atoms with van der Waals surface area (Å²) >= 11 is 0. The first-order chi connectivity index (χ1) is 9.30. The Morgan fingerprint density at radius 2 is 1.77 bits per heavy atom. The summed E-state index contributed by atoms with van der Waals surface area (Å²) in [5.41, 5.74) is 8.30. The Morgan fingerprint density at radius 1 is 1.18 bits per heavy atom. The third kappa shape index (κ3) is 4.51. The zero-order chi connectivity index (χ0) is 14.9. The van der Waals surface area contributed by atoms with Gasteiger partial charge >= 0.3 is 0 Å². The number of fused-ring (bicyclic) bond motifs is 1. The molecule has 1 amide bonds. The quantitative estimate of drug-likeness (QED) is 0.849. The fourth-order valence-electron chi connectivity index (χ4n) is 2.45. The van der Waals surface area contributed by atoms with Crippen LogP contribution in [0, 0.1) is 5.41 Å². The summed E-state index contributed by atoms with van der Waals surface area (Å²) in [5.74, 6) is 0.0441. The molecule has 6 heteroatoms. The number of rotatable bonds is 1. The molecule has 1 aliphatic rings. The summed E-state index contributed by atoms with van der Waals surface area (Å²) in [4.78, 5) is 16.7. The number of carbonyl (C=O) groups excluding carboxylic acids is 1. The third-order valence-corrected chi connectivity index (χ3v) is 3.98. The number of hydrogen-bond acceptors (Lipinski definition) is 3. The Labute approximate surface area is 145 Å². The standard InChI is InChI=1S/C16H25N3O.2ClH/c1-16(2,3)14(17)15(20)19-10-9-18(4)13-8-6-5-7-12(13)11-19;;/h5-8,14H,9-11,17H2,1-4H3;2*1H/t14-;;/m1../s1. The van der Waals surface area contributed by atoms with Gasteiger partial charge in [0.25, 0.3) is 0 Å². The van der Waals surface area contributed by atoms with Crippen molar-refractivity contribution in [3.8, 4) is 0 Å². The second kappa shape index (κ2) is 8.04. The van der Waals surface area contributed by atoms with Crippen LogP contribution in [0.25, 0.3) is 0 Å². The molecule has 0 fully saturated rings. The Hall–Kier alpha value is -0.970. The van der Waals surface area contributed by atoms with Crippen LogP contribution in [0.5, 0.6) is 0 Å². The highest BCUT2D eigenvalue weighted by Crippen LogP contribution is 2.25. The van der Waals surface area contributed by atoms with Gasteiger partial charge in [0, 0.05) is 32.4 Å². The molecule has 2 N–H and O–H groups in total. The minimum atomic E-state index is -0.460. The van der Waals surface area contributed by atoms with Crippen molar-refractivity contribution in [1.29, 1.82) is 0 Å². The molecule has 0 unspecified atom stereocenters. The van der Waals surface area contributed by atoms with E-state index in [1.807, 2.05) is 37.8 Å². The topological polar surface area (TPSA) is 49.6 Å². The number of likely N-dealkylation sites (N-methyl/N-ethyl adjacent to an activating group) is 1. The molecule has 1 aromatic rings. The van der Waals surface area contributed by atoms with E-state index < -0.39 is 6.04 Å². The average molecular weight is 348 g/mol. The molecule has 0 saturated carbocycles. The van der Waals surface area contributed by atoms with Gasteiger partial charge in [0.05, 0.1) is 6.04 Å². The summed E-state index contributed by atoms with van der Waals surface area (Å²) < 4.78 is 0. The van der Waals surface area contributed by atoms with Gasteiger partial charge in [-0.05, 0) is 17.0 Å². The van der Waals surface area contributed by atoms with Gasteiger partial charge in [-0.15, -0.1) is 24.8 Å². The SMILES string of the molecule is CN1CCN(C(=O)[C@@H](N)C(C)(C)C)Cc2ccccc21.Cl.Cl. The van der Waals surface area contributed by atoms with Crippen LogP contribution < -0.4 is 10.6 Å². The Morgan fingerprint density at radius 3 is 2.36 bits per heavy atom. The molecule has 22 heavy (non-hydrogen) atoms. The van der Waals surface area contributed by atoms with Crippen LogP contribution in [-0.4, -0.2) is 37.0 Å². The average Bonchev–Trinajstić information content (AvgIpc) is 2.56. The molecule has 1 aliphatic heterocycles. The predicted octanol–water partition coefficient (Wildman–Crippen LogP) is 2.68. The lowest BCUT2D eigenvalue weighted by atomic mass is 9.86. The number of para-hydroxylation sites is 1. The van der Waals surface area contributed by atoms with Gasteiger partial charge in [-0.1, -0.05) is 39.0 Å². The van der Waals surface area contributed by atoms with E-state index in [-0.39, 0.29) is 36.1 Å². The second-order valence-corrected chi connectivity index (χ2v) is 6.65. The van der Waals surface area contributed by atoms with Crippen LogP contribution >= 0.6 is 24.8 Å². The number of amides is 1. The molecule has 0 aliphatic carbocycles. The van der Waals surface area contributed by atoms with Crippen molar-refractivity contribution in [3.63, 3.8) is 0 Å². The highest BCUT2D eigenvalue weighted by atomic mass is 35.5. The van der Waals surface area contributed by atoms with Crippen LogP contribution in [-0.2, 0) is 11.3 Å². The number of carbonyl (C=O) groups is 1. The number of anilines is 1. The van der Waals surface area contributed by atoms with Crippen molar-refractivity contribution in [1.82, 2.24) is 4.90 Å². The highest BCUT2D eigenvalue weighted by molar-refractivity contribution is 5.85. The second-order valence-electron chi connectivity index (χ2n) is 6.65. The smallest absolute Gasteiger partial charge is 0.240 e. The normalized spacial score (nSPS) is 15.9. The number of halogens is 2. The van der Waals surface area contributed by atoms with Crippen LogP contribution in [0.15, 0.2) is 24.3 Å². The molecule has 4 nitrogen and oxygen atoms in total. The largest absolute Gasteiger partial charge is 0.373 e. The van der Waals surface area contributed by atoms with E-state index in [0.29, 0.717) is 13.1 Å². The number of benzene rings is 1. The van der Waals surface area contributed by atoms with Crippen molar-refractivity contribution < 1.29 is 4.79 Å². The molecule has 0 spiro atoms. The maximum Gasteiger partial charge on any atom is 0.240 e. The van der Waals surface area contributed by atoms with Crippen LogP contribution in [0.1, 0.15) is 26.3 Å². The summed E-state index contributed by atoms with van der Waals surface area (Å²) in [5, 5.41) is 0. The molecule has 0 saturated heterocycles. The fourth-order valence-corrected chi connectivity index (χ4v) is 2.45. The van der Waals surface area contributed by atoms with Gasteiger partial charge < -0.3 is 15.5 Å². The first kappa shape index (κ1) is 21.0. The van der Waals surface area contributed by atoms with Crippen molar-refractivity contribution in [2.45, 2.75) is 33.4 Å². The van der Waals surface area contributed by atoms with Crippen molar-refractivity contribution in [2.24, 2.45) is 11.1 Å². The Balaban J connectivity index is 0.00000220. The van der Waals surface area contributed by atoms with Crippen molar-refractivity contribution in [2.75, 3.05) is 25.0 Å². The number of hydrogen-bond donors (Lipinski definition) is 1. The van der Waals surface area contributed by atoms with Gasteiger partial charge in [0.2, 0.25) is 5.91 Å². The summed E-state index contributed by atoms with van der Waals surface area (Å²) in [6, 6.07) is 7.78. The number of nitrogens with zero attached hydrogens (tertiary/aromatic N) is 2. The van der Waals surface area contributed by atoms with Crippen molar-refractivity contribution in [3.05, 3.63) is 29.8 Å². The van der Waals surface area contributed by atoms with Gasteiger partial charge in [0.15, 0.2) is 0 Å². The third-order valence-electron chi connectivity index (χ3n) is 3.98. The first-order valence-electron chi connectivity index (χ1n) is 7.14. The van der Waals surface area contributed by atoms with Gasteiger partial charge in [-0.25, -0.2) is 0 Å². The van der Waals surface area contributed by atoms with E-state index >= 15 is 0 Å². The molecule has 2 rings (SSSR count). The fraction of sp³-hybridized carbons (Fsp3) is 0.562. The Bertz CT molecular complexity index is 502. The van der Waals surface area contributed by atoms with E-state index in [0.717, 1.165) is 6.54 Å². The molecule has 0 aromatic heterocycles. The maximum absolute atomic E-state index is 12.6. The van der Waals surface area contributed by atoms with Crippen LogP contribution in [0.3, 0.4) is 0 Å². The highest BCUT2D eigenvalue weighted by Gasteiger charge is 2.32. The molecule has 1 heterocycles. The van der Waals surface area contributed by atoms with Crippen LogP contribution in [0.2, 0.25) is 0 Å². The van der Waals surface area contributed by atoms with Crippen molar-refractivity contribution >= 4 is 36.4 Å². The lowest BCUT2D eigenvalue weighted by molar-refractivity contribution is -0.135. The van der Waals surface area contributed by atoms with Gasteiger partial charge in [0.1, 0.15) is 0 Å². The molecule has 1 atom stereocenters. The van der Waals surface area contributed by atoms with E-state index in [9.17, 15) is 4.79 Å². The van der Waals surface area contributed by atoms with E-state index in [4.69, 9.17) is 5.73 Å². The lowest BCUT2D eigenvalue weighted by Crippen LogP contribution is -2.50. The summed E-state index contributed by atoms with van der Waals surface area (Å²) in [6.45, 7) is 8.21. The van der Waals surface area contributed by atoms with Crippen LogP contribution in [0.4, 0.5) is 5.69 Å². The van der Waals surface area contributed by atoms with E-state index in [1.165, 1.54) is 11.3 Å². The molecule has 0 bridgehead atoms. The number of nitrogens with two attached hydrogens (primary N) is 1. The molecule has 1 aromatic carbocycles. The van der Waals surface area contributed by atoms with Gasteiger partial charge in [-0.2, -0.15) is 0 Å². The zero-order valence-corrected chi connectivity index (χ0v) is 15.3.